The van der Waals surface area contributed by atoms with Gasteiger partial charge in [-0.2, -0.15) is 0 Å². The van der Waals surface area contributed by atoms with Gasteiger partial charge in [-0.15, -0.1) is 0 Å². The average Bonchev–Trinajstić information content (AvgIpc) is 2.80. The van der Waals surface area contributed by atoms with Crippen molar-refractivity contribution in [1.82, 2.24) is 0 Å². The summed E-state index contributed by atoms with van der Waals surface area (Å²) in [6.45, 7) is 0. The van der Waals surface area contributed by atoms with Crippen LogP contribution in [0.15, 0.2) is 46.9 Å². The highest BCUT2D eigenvalue weighted by atomic mass is 79.9. The summed E-state index contributed by atoms with van der Waals surface area (Å²) in [6.07, 6.45) is 0.874. The van der Waals surface area contributed by atoms with E-state index in [0.29, 0.717) is 17.9 Å². The Hall–Kier alpha value is -1.52. The first-order valence-corrected chi connectivity index (χ1v) is 7.70. The van der Waals surface area contributed by atoms with E-state index in [1.807, 2.05) is 36.4 Å². The summed E-state index contributed by atoms with van der Waals surface area (Å²) in [5.41, 5.74) is 1.81. The monoisotopic (exact) mass is 365 g/mol. The average molecular weight is 367 g/mol. The number of anilines is 1. The summed E-state index contributed by atoms with van der Waals surface area (Å²) in [5, 5.41) is 13.5. The van der Waals surface area contributed by atoms with E-state index in [1.165, 1.54) is 0 Å². The molecule has 0 heterocycles. The molecule has 0 saturated carbocycles. The van der Waals surface area contributed by atoms with Crippen LogP contribution < -0.4 is 5.32 Å². The van der Waals surface area contributed by atoms with Crippen LogP contribution in [0.4, 0.5) is 5.69 Å². The predicted octanol–water partition coefficient (Wildman–Crippen LogP) is 4.14. The summed E-state index contributed by atoms with van der Waals surface area (Å²) in [7, 11) is 0. The van der Waals surface area contributed by atoms with Crippen LogP contribution in [0.5, 0.6) is 0 Å². The minimum atomic E-state index is -1.01. The van der Waals surface area contributed by atoms with Crippen LogP contribution in [0.3, 0.4) is 0 Å². The zero-order valence-electron chi connectivity index (χ0n) is 11.1. The number of carboxylic acid groups (broad SMARTS) is 1. The number of fused-ring (bicyclic) bond motifs is 1. The third-order valence-corrected chi connectivity index (χ3v) is 4.55. The van der Waals surface area contributed by atoms with Gasteiger partial charge in [0, 0.05) is 28.0 Å². The molecule has 1 aliphatic carbocycles. The summed E-state index contributed by atoms with van der Waals surface area (Å²) in [4.78, 5) is 11.8. The molecule has 0 amide bonds. The van der Waals surface area contributed by atoms with E-state index in [-0.39, 0.29) is 0 Å². The number of hydrogen-bond donors (Lipinski definition) is 2. The molecule has 1 atom stereocenters. The van der Waals surface area contributed by atoms with E-state index in [1.54, 1.807) is 6.07 Å². The van der Waals surface area contributed by atoms with Crippen molar-refractivity contribution in [3.8, 4) is 0 Å². The second-order valence-electron chi connectivity index (χ2n) is 5.29. The van der Waals surface area contributed by atoms with Gasteiger partial charge in [0.15, 0.2) is 0 Å². The number of benzene rings is 2. The van der Waals surface area contributed by atoms with Gasteiger partial charge < -0.3 is 10.4 Å². The molecule has 0 bridgehead atoms. The molecule has 3 rings (SSSR count). The van der Waals surface area contributed by atoms with Gasteiger partial charge in [0.1, 0.15) is 5.54 Å². The number of aliphatic carboxylic acids is 1. The van der Waals surface area contributed by atoms with Crippen LogP contribution >= 0.6 is 27.5 Å². The molecule has 0 spiro atoms. The molecule has 1 aliphatic rings. The molecule has 2 aromatic carbocycles. The van der Waals surface area contributed by atoms with Crippen molar-refractivity contribution in [2.45, 2.75) is 18.4 Å². The van der Waals surface area contributed by atoms with E-state index >= 15 is 0 Å². The first kappa shape index (κ1) is 14.4. The highest BCUT2D eigenvalue weighted by Gasteiger charge is 2.44. The molecule has 0 aliphatic heterocycles. The number of halogens is 2. The van der Waals surface area contributed by atoms with Crippen molar-refractivity contribution >= 4 is 39.2 Å². The Bertz CT molecular complexity index is 702. The third-order valence-electron chi connectivity index (χ3n) is 3.79. The molecule has 0 fully saturated rings. The van der Waals surface area contributed by atoms with E-state index < -0.39 is 11.5 Å². The van der Waals surface area contributed by atoms with Gasteiger partial charge in [0.25, 0.3) is 0 Å². The molecule has 0 aromatic heterocycles. The van der Waals surface area contributed by atoms with Gasteiger partial charge in [-0.25, -0.2) is 4.79 Å². The lowest BCUT2D eigenvalue weighted by molar-refractivity contribution is -0.142. The molecule has 108 valence electrons. The molecule has 5 heteroatoms. The minimum Gasteiger partial charge on any atom is -0.479 e. The molecule has 2 aromatic rings. The predicted molar refractivity (Wildman–Crippen MR) is 87.0 cm³/mol. The van der Waals surface area contributed by atoms with Gasteiger partial charge in [0.2, 0.25) is 0 Å². The normalized spacial score (nSPS) is 20.1. The van der Waals surface area contributed by atoms with Gasteiger partial charge >= 0.3 is 5.97 Å². The summed E-state index contributed by atoms with van der Waals surface area (Å²) in [5.74, 6) is -0.849. The van der Waals surface area contributed by atoms with Gasteiger partial charge in [0.05, 0.1) is 0 Å². The highest BCUT2D eigenvalue weighted by Crippen LogP contribution is 2.35. The van der Waals surface area contributed by atoms with E-state index in [9.17, 15) is 9.90 Å². The number of carbonyl (C=O) groups is 1. The summed E-state index contributed by atoms with van der Waals surface area (Å²) >= 11 is 9.37. The zero-order valence-corrected chi connectivity index (χ0v) is 13.4. The quantitative estimate of drug-likeness (QED) is 0.858. The first-order valence-electron chi connectivity index (χ1n) is 6.53. The van der Waals surface area contributed by atoms with Crippen molar-refractivity contribution in [2.75, 3.05) is 5.32 Å². The van der Waals surface area contributed by atoms with Crippen molar-refractivity contribution in [1.29, 1.82) is 0 Å². The zero-order chi connectivity index (χ0) is 15.0. The SMILES string of the molecule is O=C(O)C1(Nc2ccc(Br)cc2)Cc2ccc(Cl)cc2C1. The van der Waals surface area contributed by atoms with Gasteiger partial charge in [-0.05, 0) is 47.5 Å². The second-order valence-corrected chi connectivity index (χ2v) is 6.64. The number of nitrogens with one attached hydrogen (secondary N) is 1. The Balaban J connectivity index is 1.93. The van der Waals surface area contributed by atoms with E-state index in [2.05, 4.69) is 21.2 Å². The number of carboxylic acids is 1. The van der Waals surface area contributed by atoms with Gasteiger partial charge in [-0.3, -0.25) is 0 Å². The van der Waals surface area contributed by atoms with E-state index in [0.717, 1.165) is 21.3 Å². The second kappa shape index (κ2) is 5.35. The molecule has 0 saturated heterocycles. The Morgan fingerprint density at radius 3 is 2.48 bits per heavy atom. The fourth-order valence-corrected chi connectivity index (χ4v) is 3.21. The molecule has 3 nitrogen and oxygen atoms in total. The molecule has 2 N–H and O–H groups in total. The molecule has 21 heavy (non-hydrogen) atoms. The lowest BCUT2D eigenvalue weighted by Crippen LogP contribution is -2.47. The number of hydrogen-bond acceptors (Lipinski definition) is 2. The van der Waals surface area contributed by atoms with Crippen molar-refractivity contribution in [3.05, 3.63) is 63.1 Å². The number of rotatable bonds is 3. The Labute approximate surface area is 136 Å². The fraction of sp³-hybridized carbons (Fsp3) is 0.188. The molecular formula is C16H13BrClNO2. The Morgan fingerprint density at radius 2 is 1.81 bits per heavy atom. The minimum absolute atomic E-state index is 0.425. The molecule has 1 unspecified atom stereocenters. The van der Waals surface area contributed by atoms with Crippen molar-refractivity contribution < 1.29 is 9.90 Å². The Kier molecular flexibility index (Phi) is 3.68. The first-order chi connectivity index (χ1) is 9.98. The summed E-state index contributed by atoms with van der Waals surface area (Å²) < 4.78 is 0.957. The van der Waals surface area contributed by atoms with Crippen molar-refractivity contribution in [2.24, 2.45) is 0 Å². The highest BCUT2D eigenvalue weighted by molar-refractivity contribution is 9.10. The molecule has 0 radical (unpaired) electrons. The Morgan fingerprint density at radius 1 is 1.14 bits per heavy atom. The van der Waals surface area contributed by atoms with E-state index in [4.69, 9.17) is 11.6 Å². The summed E-state index contributed by atoms with van der Waals surface area (Å²) in [6, 6.07) is 13.1. The largest absolute Gasteiger partial charge is 0.479 e. The standard InChI is InChI=1S/C16H13BrClNO2/c17-12-2-5-14(6-3-12)19-16(15(20)21)8-10-1-4-13(18)7-11(10)9-16/h1-7,19H,8-9H2,(H,20,21). The lowest BCUT2D eigenvalue weighted by Gasteiger charge is -2.26. The molecular weight excluding hydrogens is 354 g/mol. The van der Waals surface area contributed by atoms with Crippen LogP contribution in [0.25, 0.3) is 0 Å². The fourth-order valence-electron chi connectivity index (χ4n) is 2.75. The van der Waals surface area contributed by atoms with Crippen molar-refractivity contribution in [3.63, 3.8) is 0 Å². The smallest absolute Gasteiger partial charge is 0.330 e. The third kappa shape index (κ3) is 2.78. The topological polar surface area (TPSA) is 49.3 Å². The maximum absolute atomic E-state index is 11.8. The lowest BCUT2D eigenvalue weighted by atomic mass is 9.95. The van der Waals surface area contributed by atoms with Crippen LogP contribution in [-0.2, 0) is 17.6 Å². The maximum atomic E-state index is 11.8. The van der Waals surface area contributed by atoms with Crippen LogP contribution in [-0.4, -0.2) is 16.6 Å². The van der Waals surface area contributed by atoms with Crippen LogP contribution in [0.2, 0.25) is 5.02 Å². The van der Waals surface area contributed by atoms with Gasteiger partial charge in [-0.1, -0.05) is 33.6 Å². The maximum Gasteiger partial charge on any atom is 0.330 e. The van der Waals surface area contributed by atoms with Crippen LogP contribution in [0.1, 0.15) is 11.1 Å². The van der Waals surface area contributed by atoms with Crippen LogP contribution in [0, 0.1) is 0 Å².